The number of rotatable bonds is 3. The Morgan fingerprint density at radius 3 is 2.95 bits per heavy atom. The number of nitrogens with one attached hydrogen (secondary N) is 1. The zero-order valence-electron chi connectivity index (χ0n) is 11.6. The molecule has 106 valence electrons. The first kappa shape index (κ1) is 14.3. The average molecular weight is 273 g/mol. The molecule has 0 aromatic heterocycles. The molecule has 20 heavy (non-hydrogen) atoms. The molecule has 1 aromatic rings. The highest BCUT2D eigenvalue weighted by atomic mass is 16.5. The van der Waals surface area contributed by atoms with Crippen LogP contribution in [0.25, 0.3) is 6.08 Å². The van der Waals surface area contributed by atoms with E-state index in [1.165, 1.54) is 7.11 Å². The van der Waals surface area contributed by atoms with Gasteiger partial charge < -0.3 is 10.1 Å². The summed E-state index contributed by atoms with van der Waals surface area (Å²) in [6, 6.07) is 7.22. The summed E-state index contributed by atoms with van der Waals surface area (Å²) in [5.74, 6) is -0.423. The molecule has 1 fully saturated rings. The zero-order chi connectivity index (χ0) is 14.4. The van der Waals surface area contributed by atoms with Crippen molar-refractivity contribution in [3.63, 3.8) is 0 Å². The fraction of sp³-hybridized carbons (Fsp3) is 0.375. The minimum atomic E-state index is -0.365. The smallest absolute Gasteiger partial charge is 0.338 e. The molecule has 0 radical (unpaired) electrons. The van der Waals surface area contributed by atoms with Crippen molar-refractivity contribution in [1.82, 2.24) is 5.32 Å². The SMILES string of the molecule is COC(=O)c1ccccc1/C=C/C1CCCCNC1=O. The number of amides is 1. The van der Waals surface area contributed by atoms with E-state index in [0.29, 0.717) is 5.56 Å². The summed E-state index contributed by atoms with van der Waals surface area (Å²) < 4.78 is 4.76. The molecule has 4 heteroatoms. The molecule has 1 aromatic carbocycles. The number of hydrogen-bond acceptors (Lipinski definition) is 3. The molecule has 0 aliphatic carbocycles. The third-order valence-corrected chi connectivity index (χ3v) is 3.45. The van der Waals surface area contributed by atoms with Crippen LogP contribution in [0.15, 0.2) is 30.3 Å². The van der Waals surface area contributed by atoms with Gasteiger partial charge in [0, 0.05) is 6.54 Å². The maximum absolute atomic E-state index is 11.9. The summed E-state index contributed by atoms with van der Waals surface area (Å²) >= 11 is 0. The third-order valence-electron chi connectivity index (χ3n) is 3.45. The quantitative estimate of drug-likeness (QED) is 0.860. The van der Waals surface area contributed by atoms with E-state index >= 15 is 0 Å². The molecule has 1 aliphatic heterocycles. The lowest BCUT2D eigenvalue weighted by atomic mass is 9.99. The molecule has 0 spiro atoms. The van der Waals surface area contributed by atoms with Crippen molar-refractivity contribution in [2.75, 3.05) is 13.7 Å². The van der Waals surface area contributed by atoms with Crippen LogP contribution in [0.4, 0.5) is 0 Å². The molecule has 1 atom stereocenters. The summed E-state index contributed by atoms with van der Waals surface area (Å²) in [5, 5.41) is 2.90. The standard InChI is InChI=1S/C16H19NO3/c1-20-16(19)14-8-3-2-6-12(14)9-10-13-7-4-5-11-17-15(13)18/h2-3,6,8-10,13H,4-5,7,11H2,1H3,(H,17,18)/b10-9+. The van der Waals surface area contributed by atoms with Gasteiger partial charge >= 0.3 is 5.97 Å². The second-order valence-electron chi connectivity index (χ2n) is 4.83. The number of carbonyl (C=O) groups excluding carboxylic acids is 2. The molecular formula is C16H19NO3. The molecule has 1 N–H and O–H groups in total. The number of benzene rings is 1. The first-order chi connectivity index (χ1) is 9.72. The van der Waals surface area contributed by atoms with Crippen molar-refractivity contribution in [3.05, 3.63) is 41.5 Å². The van der Waals surface area contributed by atoms with Gasteiger partial charge in [-0.15, -0.1) is 0 Å². The monoisotopic (exact) mass is 273 g/mol. The molecule has 1 aliphatic rings. The van der Waals surface area contributed by atoms with Crippen molar-refractivity contribution in [1.29, 1.82) is 0 Å². The van der Waals surface area contributed by atoms with E-state index < -0.39 is 0 Å². The molecule has 2 rings (SSSR count). The molecule has 1 amide bonds. The Labute approximate surface area is 118 Å². The van der Waals surface area contributed by atoms with Gasteiger partial charge in [0.15, 0.2) is 0 Å². The highest BCUT2D eigenvalue weighted by Crippen LogP contribution is 2.18. The van der Waals surface area contributed by atoms with Crippen LogP contribution >= 0.6 is 0 Å². The zero-order valence-corrected chi connectivity index (χ0v) is 11.6. The van der Waals surface area contributed by atoms with Gasteiger partial charge in [-0.05, 0) is 24.5 Å². The van der Waals surface area contributed by atoms with Gasteiger partial charge in [-0.2, -0.15) is 0 Å². The van der Waals surface area contributed by atoms with Gasteiger partial charge in [-0.25, -0.2) is 4.79 Å². The highest BCUT2D eigenvalue weighted by molar-refractivity contribution is 5.93. The lowest BCUT2D eigenvalue weighted by Gasteiger charge is -2.08. The molecule has 1 heterocycles. The molecule has 1 unspecified atom stereocenters. The van der Waals surface area contributed by atoms with E-state index in [2.05, 4.69) is 5.32 Å². The van der Waals surface area contributed by atoms with Crippen LogP contribution in [0.1, 0.15) is 35.2 Å². The van der Waals surface area contributed by atoms with E-state index in [-0.39, 0.29) is 17.8 Å². The Morgan fingerprint density at radius 1 is 1.35 bits per heavy atom. The fourth-order valence-electron chi connectivity index (χ4n) is 2.30. The van der Waals surface area contributed by atoms with Crippen molar-refractivity contribution in [2.24, 2.45) is 5.92 Å². The largest absolute Gasteiger partial charge is 0.465 e. The van der Waals surface area contributed by atoms with Gasteiger partial charge in [0.05, 0.1) is 18.6 Å². The second kappa shape index (κ2) is 6.89. The van der Waals surface area contributed by atoms with E-state index in [1.54, 1.807) is 12.1 Å². The van der Waals surface area contributed by atoms with Gasteiger partial charge in [-0.1, -0.05) is 36.8 Å². The lowest BCUT2D eigenvalue weighted by Crippen LogP contribution is -2.27. The highest BCUT2D eigenvalue weighted by Gasteiger charge is 2.18. The van der Waals surface area contributed by atoms with Crippen LogP contribution in [-0.2, 0) is 9.53 Å². The second-order valence-corrected chi connectivity index (χ2v) is 4.83. The first-order valence-electron chi connectivity index (χ1n) is 6.85. The summed E-state index contributed by atoms with van der Waals surface area (Å²) in [6.07, 6.45) is 6.62. The molecule has 0 saturated carbocycles. The summed E-state index contributed by atoms with van der Waals surface area (Å²) in [6.45, 7) is 0.752. The van der Waals surface area contributed by atoms with Crippen LogP contribution in [0, 0.1) is 5.92 Å². The third kappa shape index (κ3) is 3.47. The summed E-state index contributed by atoms with van der Waals surface area (Å²) in [4.78, 5) is 23.5. The average Bonchev–Trinajstić information content (AvgIpc) is 2.69. The minimum Gasteiger partial charge on any atom is -0.465 e. The normalized spacial score (nSPS) is 19.4. The molecule has 0 bridgehead atoms. The lowest BCUT2D eigenvalue weighted by molar-refractivity contribution is -0.123. The van der Waals surface area contributed by atoms with E-state index in [4.69, 9.17) is 4.74 Å². The number of esters is 1. The van der Waals surface area contributed by atoms with Crippen molar-refractivity contribution in [2.45, 2.75) is 19.3 Å². The topological polar surface area (TPSA) is 55.4 Å². The van der Waals surface area contributed by atoms with Crippen molar-refractivity contribution >= 4 is 18.0 Å². The van der Waals surface area contributed by atoms with Crippen LogP contribution in [0.2, 0.25) is 0 Å². The summed E-state index contributed by atoms with van der Waals surface area (Å²) in [7, 11) is 1.36. The van der Waals surface area contributed by atoms with Crippen molar-refractivity contribution in [3.8, 4) is 0 Å². The number of ether oxygens (including phenoxy) is 1. The van der Waals surface area contributed by atoms with Crippen LogP contribution in [0.5, 0.6) is 0 Å². The Hall–Kier alpha value is -2.10. The van der Waals surface area contributed by atoms with E-state index in [1.807, 2.05) is 24.3 Å². The van der Waals surface area contributed by atoms with Gasteiger partial charge in [0.25, 0.3) is 0 Å². The Balaban J connectivity index is 2.18. The molecular weight excluding hydrogens is 254 g/mol. The van der Waals surface area contributed by atoms with Crippen molar-refractivity contribution < 1.29 is 14.3 Å². The first-order valence-corrected chi connectivity index (χ1v) is 6.85. The Morgan fingerprint density at radius 2 is 2.15 bits per heavy atom. The van der Waals surface area contributed by atoms with Crippen LogP contribution < -0.4 is 5.32 Å². The van der Waals surface area contributed by atoms with E-state index in [9.17, 15) is 9.59 Å². The Kier molecular flexibility index (Phi) is 4.93. The van der Waals surface area contributed by atoms with Crippen LogP contribution in [0.3, 0.4) is 0 Å². The fourth-order valence-corrected chi connectivity index (χ4v) is 2.30. The Bertz CT molecular complexity index is 522. The molecule has 4 nitrogen and oxygen atoms in total. The van der Waals surface area contributed by atoms with Crippen LogP contribution in [-0.4, -0.2) is 25.5 Å². The minimum absolute atomic E-state index is 0.0642. The van der Waals surface area contributed by atoms with Gasteiger partial charge in [0.1, 0.15) is 0 Å². The molecule has 1 saturated heterocycles. The maximum atomic E-state index is 11.9. The summed E-state index contributed by atoms with van der Waals surface area (Å²) in [5.41, 5.74) is 1.29. The maximum Gasteiger partial charge on any atom is 0.338 e. The van der Waals surface area contributed by atoms with E-state index in [0.717, 1.165) is 31.4 Å². The predicted molar refractivity (Wildman–Crippen MR) is 77.2 cm³/mol. The predicted octanol–water partition coefficient (Wildman–Crippen LogP) is 2.40. The number of methoxy groups -OCH3 is 1. The number of hydrogen-bond donors (Lipinski definition) is 1. The van der Waals surface area contributed by atoms with Gasteiger partial charge in [-0.3, -0.25) is 4.79 Å². The number of carbonyl (C=O) groups is 2. The van der Waals surface area contributed by atoms with Gasteiger partial charge in [0.2, 0.25) is 5.91 Å².